The highest BCUT2D eigenvalue weighted by atomic mass is 35.5. The molecule has 37 heavy (non-hydrogen) atoms. The minimum absolute atomic E-state index is 0.0868. The Balaban J connectivity index is 1.23. The molecule has 0 bridgehead atoms. The predicted octanol–water partition coefficient (Wildman–Crippen LogP) is 3.38. The molecule has 0 radical (unpaired) electrons. The van der Waals surface area contributed by atoms with Gasteiger partial charge in [-0.2, -0.15) is 5.10 Å². The summed E-state index contributed by atoms with van der Waals surface area (Å²) in [5.74, 6) is -0.314. The number of hydrogen-bond acceptors (Lipinski definition) is 7. The van der Waals surface area contributed by atoms with E-state index < -0.39 is 5.82 Å². The minimum atomic E-state index is -0.555. The third-order valence-electron chi connectivity index (χ3n) is 7.03. The molecule has 1 spiro atoms. The Bertz CT molecular complexity index is 1340. The van der Waals surface area contributed by atoms with Crippen LogP contribution in [0, 0.1) is 11.7 Å². The van der Waals surface area contributed by atoms with Crippen molar-refractivity contribution < 1.29 is 23.5 Å². The number of carbonyl (C=O) groups excluding carboxylic acids is 2. The van der Waals surface area contributed by atoms with Crippen LogP contribution in [-0.2, 0) is 11.3 Å². The van der Waals surface area contributed by atoms with Crippen molar-refractivity contribution >= 4 is 23.4 Å². The van der Waals surface area contributed by atoms with E-state index in [0.717, 1.165) is 19.0 Å². The Kier molecular flexibility index (Phi) is 6.72. The fourth-order valence-corrected chi connectivity index (χ4v) is 5.03. The molecular weight excluding hydrogens is 503 g/mol. The highest BCUT2D eigenvalue weighted by Gasteiger charge is 2.54. The fourth-order valence-electron chi connectivity index (χ4n) is 4.80. The lowest BCUT2D eigenvalue weighted by Gasteiger charge is -2.39. The molecule has 3 aromatic rings. The van der Waals surface area contributed by atoms with E-state index in [4.69, 9.17) is 21.1 Å². The number of methoxy groups -OCH3 is 2. The molecule has 3 aromatic heterocycles. The lowest BCUT2D eigenvalue weighted by molar-refractivity contribution is -0.127. The monoisotopic (exact) mass is 528 g/mol. The van der Waals surface area contributed by atoms with Gasteiger partial charge in [-0.15, -0.1) is 0 Å². The molecule has 1 saturated carbocycles. The number of carbonyl (C=O) groups is 2. The molecule has 2 amide bonds. The van der Waals surface area contributed by atoms with Gasteiger partial charge in [0.1, 0.15) is 5.75 Å². The van der Waals surface area contributed by atoms with Crippen molar-refractivity contribution in [3.05, 3.63) is 52.8 Å². The summed E-state index contributed by atoms with van der Waals surface area (Å²) >= 11 is 6.23. The number of rotatable bonds is 7. The van der Waals surface area contributed by atoms with E-state index in [-0.39, 0.29) is 47.0 Å². The van der Waals surface area contributed by atoms with Crippen LogP contribution in [0.15, 0.2) is 30.6 Å². The van der Waals surface area contributed by atoms with E-state index in [0.29, 0.717) is 41.5 Å². The van der Waals surface area contributed by atoms with E-state index in [1.807, 2.05) is 4.90 Å². The van der Waals surface area contributed by atoms with Gasteiger partial charge in [0.15, 0.2) is 11.5 Å². The average molecular weight is 529 g/mol. The van der Waals surface area contributed by atoms with Crippen LogP contribution in [0.2, 0.25) is 5.02 Å². The van der Waals surface area contributed by atoms with E-state index in [1.54, 1.807) is 12.3 Å². The maximum Gasteiger partial charge on any atom is 0.274 e. The molecule has 12 heteroatoms. The number of nitrogens with one attached hydrogen (secondary N) is 2. The number of amides is 2. The topological polar surface area (TPSA) is 122 Å². The van der Waals surface area contributed by atoms with Crippen molar-refractivity contribution in [2.45, 2.75) is 37.8 Å². The third kappa shape index (κ3) is 4.95. The standard InChI is InChI=1S/C25H26ClFN6O4/c1-36-15-7-17(26)21(28-11-15)13-30-23(34)14-3-6-33(25(10-14)4-5-25)24(35)20-9-19(31-32-20)16-8-22(37-2)29-12-18(16)27/h7-9,11-12,14H,3-6,10,13H2,1-2H3,(H,30,34)(H,31,32)/t14-/m0/s1. The molecule has 1 saturated heterocycles. The van der Waals surface area contributed by atoms with Crippen LogP contribution in [0.1, 0.15) is 41.9 Å². The summed E-state index contributed by atoms with van der Waals surface area (Å²) in [5.41, 5.74) is 0.951. The maximum absolute atomic E-state index is 14.3. The first-order chi connectivity index (χ1) is 17.8. The van der Waals surface area contributed by atoms with Gasteiger partial charge in [-0.25, -0.2) is 9.37 Å². The molecule has 5 rings (SSSR count). The number of hydrogen-bond donors (Lipinski definition) is 2. The van der Waals surface area contributed by atoms with Crippen molar-refractivity contribution in [3.8, 4) is 22.9 Å². The molecule has 1 aliphatic carbocycles. The highest BCUT2D eigenvalue weighted by Crippen LogP contribution is 2.50. The Morgan fingerprint density at radius 2 is 2.03 bits per heavy atom. The molecule has 1 atom stereocenters. The second-order valence-electron chi connectivity index (χ2n) is 9.27. The van der Waals surface area contributed by atoms with Gasteiger partial charge >= 0.3 is 0 Å². The molecule has 0 unspecified atom stereocenters. The molecule has 10 nitrogen and oxygen atoms in total. The van der Waals surface area contributed by atoms with Crippen LogP contribution in [0.5, 0.6) is 11.6 Å². The molecule has 4 heterocycles. The first-order valence-corrected chi connectivity index (χ1v) is 12.2. The van der Waals surface area contributed by atoms with Crippen molar-refractivity contribution in [3.63, 3.8) is 0 Å². The number of likely N-dealkylation sites (tertiary alicyclic amines) is 1. The smallest absolute Gasteiger partial charge is 0.274 e. The van der Waals surface area contributed by atoms with Crippen molar-refractivity contribution in [1.29, 1.82) is 0 Å². The third-order valence-corrected chi connectivity index (χ3v) is 7.36. The normalized spacial score (nSPS) is 17.9. The van der Waals surface area contributed by atoms with E-state index in [9.17, 15) is 14.0 Å². The number of nitrogens with zero attached hydrogens (tertiary/aromatic N) is 4. The summed E-state index contributed by atoms with van der Waals surface area (Å²) in [6.07, 6.45) is 5.35. The average Bonchev–Trinajstić information content (AvgIpc) is 3.48. The quantitative estimate of drug-likeness (QED) is 0.482. The van der Waals surface area contributed by atoms with Gasteiger partial charge in [0, 0.05) is 35.7 Å². The van der Waals surface area contributed by atoms with Gasteiger partial charge in [0.05, 0.1) is 49.6 Å². The van der Waals surface area contributed by atoms with Gasteiger partial charge in [0.2, 0.25) is 11.8 Å². The van der Waals surface area contributed by atoms with Gasteiger partial charge in [-0.05, 0) is 31.7 Å². The molecule has 194 valence electrons. The van der Waals surface area contributed by atoms with Gasteiger partial charge < -0.3 is 19.7 Å². The summed E-state index contributed by atoms with van der Waals surface area (Å²) in [7, 11) is 2.97. The Morgan fingerprint density at radius 1 is 1.22 bits per heavy atom. The van der Waals surface area contributed by atoms with Crippen LogP contribution >= 0.6 is 11.6 Å². The largest absolute Gasteiger partial charge is 0.495 e. The van der Waals surface area contributed by atoms with Crippen LogP contribution in [0.4, 0.5) is 4.39 Å². The molecule has 0 aromatic carbocycles. The summed E-state index contributed by atoms with van der Waals surface area (Å²) in [6, 6.07) is 4.62. The number of ether oxygens (including phenoxy) is 2. The van der Waals surface area contributed by atoms with Crippen LogP contribution in [0.3, 0.4) is 0 Å². The molecule has 2 aliphatic rings. The summed E-state index contributed by atoms with van der Waals surface area (Å²) in [5, 5.41) is 10.2. The first kappa shape index (κ1) is 24.9. The van der Waals surface area contributed by atoms with Crippen LogP contribution in [-0.4, -0.2) is 63.2 Å². The van der Waals surface area contributed by atoms with Crippen molar-refractivity contribution in [2.75, 3.05) is 20.8 Å². The zero-order valence-corrected chi connectivity index (χ0v) is 21.1. The molecule has 1 aliphatic heterocycles. The van der Waals surface area contributed by atoms with E-state index in [1.165, 1.54) is 26.4 Å². The zero-order chi connectivity index (χ0) is 26.2. The zero-order valence-electron chi connectivity index (χ0n) is 20.4. The Hall–Kier alpha value is -3.73. The van der Waals surface area contributed by atoms with Crippen LogP contribution < -0.4 is 14.8 Å². The number of aromatic amines is 1. The Labute approximate surface area is 217 Å². The van der Waals surface area contributed by atoms with Gasteiger partial charge in [-0.3, -0.25) is 19.7 Å². The number of halogens is 2. The number of aromatic nitrogens is 4. The van der Waals surface area contributed by atoms with Crippen molar-refractivity contribution in [2.24, 2.45) is 5.92 Å². The minimum Gasteiger partial charge on any atom is -0.495 e. The molecular formula is C25H26ClFN6O4. The van der Waals surface area contributed by atoms with Crippen LogP contribution in [0.25, 0.3) is 11.3 Å². The first-order valence-electron chi connectivity index (χ1n) is 11.9. The lowest BCUT2D eigenvalue weighted by atomic mass is 9.88. The predicted molar refractivity (Wildman–Crippen MR) is 132 cm³/mol. The summed E-state index contributed by atoms with van der Waals surface area (Å²) in [4.78, 5) is 36.2. The lowest BCUT2D eigenvalue weighted by Crippen LogP contribution is -2.50. The summed E-state index contributed by atoms with van der Waals surface area (Å²) in [6.45, 7) is 0.637. The SMILES string of the molecule is COc1cnc(CNC(=O)[C@H]2CCN(C(=O)c3cc(-c4cc(OC)ncc4F)[nH]n3)C3(CC3)C2)c(Cl)c1. The number of H-pyrrole nitrogens is 1. The second-order valence-corrected chi connectivity index (χ2v) is 9.67. The molecule has 2 fully saturated rings. The van der Waals surface area contributed by atoms with Crippen molar-refractivity contribution in [1.82, 2.24) is 30.4 Å². The highest BCUT2D eigenvalue weighted by molar-refractivity contribution is 6.31. The van der Waals surface area contributed by atoms with Gasteiger partial charge in [0.25, 0.3) is 5.91 Å². The van der Waals surface area contributed by atoms with E-state index >= 15 is 0 Å². The maximum atomic E-state index is 14.3. The molecule has 2 N–H and O–H groups in total. The fraction of sp³-hybridized carbons (Fsp3) is 0.400. The number of pyridine rings is 2. The Morgan fingerprint density at radius 3 is 2.73 bits per heavy atom. The van der Waals surface area contributed by atoms with Gasteiger partial charge in [-0.1, -0.05) is 11.6 Å². The van der Waals surface area contributed by atoms with E-state index in [2.05, 4.69) is 25.5 Å². The summed E-state index contributed by atoms with van der Waals surface area (Å²) < 4.78 is 24.5. The number of piperidine rings is 1. The second kappa shape index (κ2) is 9.97.